The molecule has 0 bridgehead atoms. The van der Waals surface area contributed by atoms with Crippen LogP contribution in [0.3, 0.4) is 0 Å². The topological polar surface area (TPSA) is 75.4 Å². The fourth-order valence-electron chi connectivity index (χ4n) is 3.08. The van der Waals surface area contributed by atoms with Crippen LogP contribution in [-0.2, 0) is 4.79 Å². The third kappa shape index (κ3) is 4.01. The van der Waals surface area contributed by atoms with E-state index in [9.17, 15) is 9.59 Å². The lowest BCUT2D eigenvalue weighted by Crippen LogP contribution is -2.27. The number of nitrogens with two attached hydrogens (primary N) is 1. The van der Waals surface area contributed by atoms with Crippen molar-refractivity contribution >= 4 is 28.8 Å². The number of carbonyl (C=O) groups excluding carboxylic acids is 2. The number of anilines is 1. The van der Waals surface area contributed by atoms with E-state index in [2.05, 4.69) is 27.7 Å². The first-order valence-corrected chi connectivity index (χ1v) is 8.98. The zero-order chi connectivity index (χ0) is 16.9. The number of nitrogens with zero attached hydrogens (tertiary/aromatic N) is 1. The Morgan fingerprint density at radius 2 is 2.04 bits per heavy atom. The van der Waals surface area contributed by atoms with Crippen molar-refractivity contribution in [1.82, 2.24) is 4.90 Å². The van der Waals surface area contributed by atoms with Crippen molar-refractivity contribution in [3.8, 4) is 0 Å². The third-order valence-electron chi connectivity index (χ3n) is 4.31. The van der Waals surface area contributed by atoms with E-state index < -0.39 is 5.91 Å². The lowest BCUT2D eigenvalue weighted by atomic mass is 10.2. The molecule has 0 radical (unpaired) electrons. The minimum absolute atomic E-state index is 0.0151. The molecule has 1 aliphatic heterocycles. The van der Waals surface area contributed by atoms with Crippen molar-refractivity contribution < 1.29 is 9.59 Å². The standard InChI is InChI=1S/C18H21N3O2S/c19-18(23)13-5-7-14(8-6-13)20-17(22)9-11-21-10-1-3-15(21)16-4-2-12-24-16/h2,4-8,12,15H,1,3,9-11H2,(H2,19,23)(H,20,22). The number of primary amides is 1. The zero-order valence-electron chi connectivity index (χ0n) is 13.4. The predicted molar refractivity (Wildman–Crippen MR) is 96.1 cm³/mol. The molecule has 5 nitrogen and oxygen atoms in total. The maximum absolute atomic E-state index is 12.2. The molecule has 0 saturated carbocycles. The molecule has 2 aromatic rings. The van der Waals surface area contributed by atoms with Gasteiger partial charge in [0, 0.05) is 35.1 Å². The van der Waals surface area contributed by atoms with Crippen LogP contribution >= 0.6 is 11.3 Å². The highest BCUT2D eigenvalue weighted by atomic mass is 32.1. The third-order valence-corrected chi connectivity index (χ3v) is 5.29. The Hall–Kier alpha value is -2.18. The fourth-order valence-corrected chi connectivity index (χ4v) is 3.98. The summed E-state index contributed by atoms with van der Waals surface area (Å²) in [6.45, 7) is 1.80. The Labute approximate surface area is 145 Å². The molecule has 3 rings (SSSR count). The molecule has 24 heavy (non-hydrogen) atoms. The van der Waals surface area contributed by atoms with Crippen LogP contribution in [-0.4, -0.2) is 29.8 Å². The largest absolute Gasteiger partial charge is 0.366 e. The first kappa shape index (κ1) is 16.7. The molecular formula is C18H21N3O2S. The number of amides is 2. The van der Waals surface area contributed by atoms with Crippen molar-refractivity contribution in [1.29, 1.82) is 0 Å². The van der Waals surface area contributed by atoms with Gasteiger partial charge in [0.1, 0.15) is 0 Å². The second-order valence-corrected chi connectivity index (χ2v) is 6.93. The summed E-state index contributed by atoms with van der Waals surface area (Å²) in [4.78, 5) is 27.0. The number of rotatable bonds is 6. The molecule has 2 amide bonds. The number of thiophene rings is 1. The Morgan fingerprint density at radius 1 is 1.25 bits per heavy atom. The van der Waals surface area contributed by atoms with Gasteiger partial charge in [0.15, 0.2) is 0 Å². The van der Waals surface area contributed by atoms with Gasteiger partial charge in [-0.3, -0.25) is 14.5 Å². The summed E-state index contributed by atoms with van der Waals surface area (Å²) in [5.41, 5.74) is 6.32. The van der Waals surface area contributed by atoms with E-state index in [0.717, 1.165) is 19.5 Å². The Morgan fingerprint density at radius 3 is 2.71 bits per heavy atom. The van der Waals surface area contributed by atoms with Gasteiger partial charge in [-0.2, -0.15) is 0 Å². The molecule has 0 spiro atoms. The Balaban J connectivity index is 1.51. The molecule has 1 aliphatic rings. The van der Waals surface area contributed by atoms with Gasteiger partial charge in [0.25, 0.3) is 0 Å². The highest BCUT2D eigenvalue weighted by molar-refractivity contribution is 7.10. The van der Waals surface area contributed by atoms with Crippen molar-refractivity contribution in [3.63, 3.8) is 0 Å². The van der Waals surface area contributed by atoms with Gasteiger partial charge < -0.3 is 11.1 Å². The summed E-state index contributed by atoms with van der Waals surface area (Å²) in [5.74, 6) is -0.486. The molecule has 1 saturated heterocycles. The maximum Gasteiger partial charge on any atom is 0.248 e. The number of benzene rings is 1. The van der Waals surface area contributed by atoms with Gasteiger partial charge in [-0.25, -0.2) is 0 Å². The van der Waals surface area contributed by atoms with E-state index in [1.807, 2.05) is 0 Å². The average molecular weight is 343 g/mol. The van der Waals surface area contributed by atoms with Crippen LogP contribution in [0.4, 0.5) is 5.69 Å². The molecule has 1 aromatic carbocycles. The van der Waals surface area contributed by atoms with E-state index in [1.165, 1.54) is 11.3 Å². The molecule has 1 fully saturated rings. The van der Waals surface area contributed by atoms with Crippen LogP contribution in [0.1, 0.15) is 40.5 Å². The summed E-state index contributed by atoms with van der Waals surface area (Å²) in [5, 5.41) is 4.97. The SMILES string of the molecule is NC(=O)c1ccc(NC(=O)CCN2CCCC2c2cccs2)cc1. The normalized spacial score (nSPS) is 17.8. The van der Waals surface area contributed by atoms with E-state index in [1.54, 1.807) is 35.6 Å². The van der Waals surface area contributed by atoms with E-state index in [-0.39, 0.29) is 5.91 Å². The number of hydrogen-bond donors (Lipinski definition) is 2. The summed E-state index contributed by atoms with van der Waals surface area (Å²) >= 11 is 1.78. The van der Waals surface area contributed by atoms with Gasteiger partial charge >= 0.3 is 0 Å². The highest BCUT2D eigenvalue weighted by Crippen LogP contribution is 2.34. The van der Waals surface area contributed by atoms with Gasteiger partial charge in [-0.05, 0) is 55.1 Å². The summed E-state index contributed by atoms with van der Waals surface area (Å²) in [7, 11) is 0. The van der Waals surface area contributed by atoms with Crippen LogP contribution < -0.4 is 11.1 Å². The minimum atomic E-state index is -0.471. The second kappa shape index (κ2) is 7.59. The first-order chi connectivity index (χ1) is 11.6. The molecule has 0 aliphatic carbocycles. The summed E-state index contributed by atoms with van der Waals surface area (Å²) in [6, 6.07) is 11.3. The molecule has 126 valence electrons. The van der Waals surface area contributed by atoms with Crippen LogP contribution in [0.15, 0.2) is 41.8 Å². The molecule has 2 heterocycles. The number of carbonyl (C=O) groups is 2. The molecule has 1 atom stereocenters. The van der Waals surface area contributed by atoms with Crippen molar-refractivity contribution in [2.24, 2.45) is 5.73 Å². The van der Waals surface area contributed by atoms with E-state index in [0.29, 0.717) is 23.7 Å². The van der Waals surface area contributed by atoms with Gasteiger partial charge in [0.05, 0.1) is 0 Å². The second-order valence-electron chi connectivity index (χ2n) is 5.95. The lowest BCUT2D eigenvalue weighted by molar-refractivity contribution is -0.116. The van der Waals surface area contributed by atoms with Crippen molar-refractivity contribution in [3.05, 3.63) is 52.2 Å². The molecule has 6 heteroatoms. The van der Waals surface area contributed by atoms with Crippen LogP contribution in [0.2, 0.25) is 0 Å². The zero-order valence-corrected chi connectivity index (χ0v) is 14.2. The summed E-state index contributed by atoms with van der Waals surface area (Å²) < 4.78 is 0. The van der Waals surface area contributed by atoms with Gasteiger partial charge in [-0.1, -0.05) is 6.07 Å². The summed E-state index contributed by atoms with van der Waals surface area (Å²) in [6.07, 6.45) is 2.80. The van der Waals surface area contributed by atoms with Crippen LogP contribution in [0.5, 0.6) is 0 Å². The Kier molecular flexibility index (Phi) is 5.27. The van der Waals surface area contributed by atoms with E-state index >= 15 is 0 Å². The fraction of sp³-hybridized carbons (Fsp3) is 0.333. The number of nitrogens with one attached hydrogen (secondary N) is 1. The quantitative estimate of drug-likeness (QED) is 0.846. The average Bonchev–Trinajstić information content (AvgIpc) is 3.24. The van der Waals surface area contributed by atoms with Crippen LogP contribution in [0, 0.1) is 0 Å². The van der Waals surface area contributed by atoms with Gasteiger partial charge in [-0.15, -0.1) is 11.3 Å². The lowest BCUT2D eigenvalue weighted by Gasteiger charge is -2.23. The minimum Gasteiger partial charge on any atom is -0.366 e. The monoisotopic (exact) mass is 343 g/mol. The van der Waals surface area contributed by atoms with Gasteiger partial charge in [0.2, 0.25) is 11.8 Å². The molecule has 1 aromatic heterocycles. The number of likely N-dealkylation sites (tertiary alicyclic amines) is 1. The highest BCUT2D eigenvalue weighted by Gasteiger charge is 2.26. The first-order valence-electron chi connectivity index (χ1n) is 8.10. The smallest absolute Gasteiger partial charge is 0.248 e. The predicted octanol–water partition coefficient (Wildman–Crippen LogP) is 3.01. The van der Waals surface area contributed by atoms with Crippen molar-refractivity contribution in [2.45, 2.75) is 25.3 Å². The maximum atomic E-state index is 12.2. The molecule has 1 unspecified atom stereocenters. The molecule has 3 N–H and O–H groups in total. The van der Waals surface area contributed by atoms with E-state index in [4.69, 9.17) is 5.73 Å². The Bertz CT molecular complexity index is 698. The number of hydrogen-bond acceptors (Lipinski definition) is 4. The van der Waals surface area contributed by atoms with Crippen molar-refractivity contribution in [2.75, 3.05) is 18.4 Å². The molecular weight excluding hydrogens is 322 g/mol. The van der Waals surface area contributed by atoms with Crippen LogP contribution in [0.25, 0.3) is 0 Å².